The van der Waals surface area contributed by atoms with Crippen molar-refractivity contribution in [3.05, 3.63) is 64.7 Å². The molecule has 0 spiro atoms. The third-order valence-electron chi connectivity index (χ3n) is 4.73. The van der Waals surface area contributed by atoms with Gasteiger partial charge in [0, 0.05) is 12.1 Å². The van der Waals surface area contributed by atoms with Crippen LogP contribution in [0.1, 0.15) is 47.8 Å². The van der Waals surface area contributed by atoms with E-state index in [1.54, 1.807) is 45.0 Å². The van der Waals surface area contributed by atoms with Gasteiger partial charge in [-0.25, -0.2) is 4.79 Å². The number of hydroxylamine groups is 2. The van der Waals surface area contributed by atoms with Gasteiger partial charge in [-0.15, -0.1) is 10.2 Å². The van der Waals surface area contributed by atoms with Crippen LogP contribution in [0, 0.1) is 0 Å². The lowest BCUT2D eigenvalue weighted by atomic mass is 9.94. The molecule has 10 nitrogen and oxygen atoms in total. The molecule has 1 heterocycles. The zero-order valence-corrected chi connectivity index (χ0v) is 19.0. The van der Waals surface area contributed by atoms with Gasteiger partial charge in [-0.3, -0.25) is 4.79 Å². The van der Waals surface area contributed by atoms with Crippen molar-refractivity contribution in [1.29, 1.82) is 0 Å². The van der Waals surface area contributed by atoms with Crippen LogP contribution in [0.3, 0.4) is 0 Å². The molecule has 0 saturated carbocycles. The standard InChI is InChI=1S/C23H27N5O5/c1-23(2,3)33-20(29)14-28(32-4)13-15-9-10-17(19(11-15)21-24-26-27-25-21)12-16-7-5-6-8-18(16)22(30)31/h5-11H,12-14H2,1-4H3,(H,30,31)(H,24,25,26,27). The van der Waals surface area contributed by atoms with Gasteiger partial charge in [-0.1, -0.05) is 30.3 Å². The summed E-state index contributed by atoms with van der Waals surface area (Å²) in [6.07, 6.45) is 0.374. The Balaban J connectivity index is 1.87. The van der Waals surface area contributed by atoms with Crippen LogP contribution in [0.25, 0.3) is 11.4 Å². The molecule has 0 amide bonds. The molecular formula is C23H27N5O5. The van der Waals surface area contributed by atoms with Gasteiger partial charge in [0.05, 0.1) is 12.7 Å². The first-order chi connectivity index (χ1) is 15.7. The highest BCUT2D eigenvalue weighted by Crippen LogP contribution is 2.26. The zero-order valence-electron chi connectivity index (χ0n) is 19.0. The second kappa shape index (κ2) is 10.3. The maximum Gasteiger partial charge on any atom is 0.335 e. The van der Waals surface area contributed by atoms with Crippen LogP contribution >= 0.6 is 0 Å². The Kier molecular flexibility index (Phi) is 7.52. The molecule has 0 atom stereocenters. The lowest BCUT2D eigenvalue weighted by molar-refractivity contribution is -0.179. The van der Waals surface area contributed by atoms with E-state index in [9.17, 15) is 14.7 Å². The number of aromatic carboxylic acids is 1. The minimum atomic E-state index is -0.985. The Morgan fingerprint density at radius 3 is 2.52 bits per heavy atom. The third-order valence-corrected chi connectivity index (χ3v) is 4.73. The number of carboxylic acids is 1. The third kappa shape index (κ3) is 6.67. The summed E-state index contributed by atoms with van der Waals surface area (Å²) in [5.74, 6) is -0.999. The number of nitrogens with one attached hydrogen (secondary N) is 1. The Labute approximate surface area is 191 Å². The van der Waals surface area contributed by atoms with Crippen LogP contribution in [0.4, 0.5) is 0 Å². The van der Waals surface area contributed by atoms with Gasteiger partial charge >= 0.3 is 11.9 Å². The second-order valence-corrected chi connectivity index (χ2v) is 8.43. The molecule has 10 heteroatoms. The van der Waals surface area contributed by atoms with E-state index in [1.165, 1.54) is 12.2 Å². The van der Waals surface area contributed by atoms with Crippen LogP contribution in [0.5, 0.6) is 0 Å². The van der Waals surface area contributed by atoms with Crippen LogP contribution < -0.4 is 0 Å². The number of carboxylic acid groups (broad SMARTS) is 1. The number of hydrogen-bond donors (Lipinski definition) is 2. The summed E-state index contributed by atoms with van der Waals surface area (Å²) in [5, 5.41) is 25.3. The molecule has 0 bridgehead atoms. The minimum absolute atomic E-state index is 0.0426. The van der Waals surface area contributed by atoms with Gasteiger partial charge in [-0.05, 0) is 61.2 Å². The average Bonchev–Trinajstić information content (AvgIpc) is 3.28. The van der Waals surface area contributed by atoms with E-state index >= 15 is 0 Å². The fourth-order valence-electron chi connectivity index (χ4n) is 3.35. The van der Waals surface area contributed by atoms with Crippen molar-refractivity contribution in [1.82, 2.24) is 25.7 Å². The van der Waals surface area contributed by atoms with Crippen molar-refractivity contribution in [3.8, 4) is 11.4 Å². The van der Waals surface area contributed by atoms with Gasteiger partial charge in [0.2, 0.25) is 5.82 Å². The van der Waals surface area contributed by atoms with E-state index in [-0.39, 0.29) is 12.1 Å². The fourth-order valence-corrected chi connectivity index (χ4v) is 3.35. The monoisotopic (exact) mass is 453 g/mol. The first-order valence-electron chi connectivity index (χ1n) is 10.3. The number of rotatable bonds is 9. The molecule has 0 aliphatic rings. The number of carbonyl (C=O) groups excluding carboxylic acids is 1. The molecule has 2 N–H and O–H groups in total. The van der Waals surface area contributed by atoms with Gasteiger partial charge < -0.3 is 14.7 Å². The van der Waals surface area contributed by atoms with E-state index in [2.05, 4.69) is 20.6 Å². The molecule has 174 valence electrons. The van der Waals surface area contributed by atoms with E-state index in [0.717, 1.165) is 11.1 Å². The highest BCUT2D eigenvalue weighted by molar-refractivity contribution is 5.89. The number of nitrogens with zero attached hydrogens (tertiary/aromatic N) is 4. The Morgan fingerprint density at radius 2 is 1.88 bits per heavy atom. The fraction of sp³-hybridized carbons (Fsp3) is 0.348. The first-order valence-corrected chi connectivity index (χ1v) is 10.3. The molecule has 0 unspecified atom stereocenters. The number of aromatic amines is 1. The van der Waals surface area contributed by atoms with E-state index in [1.807, 2.05) is 18.2 Å². The van der Waals surface area contributed by atoms with Crippen molar-refractivity contribution >= 4 is 11.9 Å². The highest BCUT2D eigenvalue weighted by atomic mass is 16.7. The molecule has 33 heavy (non-hydrogen) atoms. The predicted molar refractivity (Wildman–Crippen MR) is 119 cm³/mol. The zero-order chi connectivity index (χ0) is 24.0. The maximum absolute atomic E-state index is 12.2. The number of tetrazole rings is 1. The molecular weight excluding hydrogens is 426 g/mol. The quantitative estimate of drug-likeness (QED) is 0.371. The van der Waals surface area contributed by atoms with Crippen molar-refractivity contribution in [2.75, 3.05) is 13.7 Å². The highest BCUT2D eigenvalue weighted by Gasteiger charge is 2.20. The second-order valence-electron chi connectivity index (χ2n) is 8.43. The Hall–Kier alpha value is -3.63. The molecule has 0 aliphatic carbocycles. The normalized spacial score (nSPS) is 11.5. The summed E-state index contributed by atoms with van der Waals surface area (Å²) in [6.45, 7) is 5.69. The van der Waals surface area contributed by atoms with E-state index in [0.29, 0.717) is 29.9 Å². The summed E-state index contributed by atoms with van der Waals surface area (Å²) < 4.78 is 5.37. The van der Waals surface area contributed by atoms with Crippen LogP contribution in [0.2, 0.25) is 0 Å². The summed E-state index contributed by atoms with van der Waals surface area (Å²) >= 11 is 0. The number of benzene rings is 2. The summed E-state index contributed by atoms with van der Waals surface area (Å²) in [6, 6.07) is 12.5. The lowest BCUT2D eigenvalue weighted by Gasteiger charge is -2.23. The summed E-state index contributed by atoms with van der Waals surface area (Å²) in [4.78, 5) is 29.2. The number of esters is 1. The molecule has 3 rings (SSSR count). The SMILES string of the molecule is CON(CC(=O)OC(C)(C)C)Cc1ccc(Cc2ccccc2C(=O)O)c(-c2nn[nH]n2)c1. The summed E-state index contributed by atoms with van der Waals surface area (Å²) in [7, 11) is 1.49. The Bertz CT molecular complexity index is 1110. The van der Waals surface area contributed by atoms with Crippen LogP contribution in [0.15, 0.2) is 42.5 Å². The van der Waals surface area contributed by atoms with E-state index < -0.39 is 17.5 Å². The van der Waals surface area contributed by atoms with Gasteiger partial charge in [0.25, 0.3) is 0 Å². The number of hydrogen-bond acceptors (Lipinski definition) is 8. The van der Waals surface area contributed by atoms with Crippen LogP contribution in [-0.4, -0.2) is 62.0 Å². The average molecular weight is 453 g/mol. The van der Waals surface area contributed by atoms with Crippen molar-refractivity contribution in [3.63, 3.8) is 0 Å². The molecule has 2 aromatic carbocycles. The molecule has 0 saturated heterocycles. The molecule has 1 aromatic heterocycles. The molecule has 0 aliphatic heterocycles. The molecule has 0 radical (unpaired) electrons. The first kappa shape index (κ1) is 24.0. The smallest absolute Gasteiger partial charge is 0.335 e. The van der Waals surface area contributed by atoms with Crippen molar-refractivity contribution in [2.45, 2.75) is 39.3 Å². The molecule has 3 aromatic rings. The number of aromatic nitrogens is 4. The van der Waals surface area contributed by atoms with E-state index in [4.69, 9.17) is 9.57 Å². The van der Waals surface area contributed by atoms with Gasteiger partial charge in [-0.2, -0.15) is 10.3 Å². The van der Waals surface area contributed by atoms with Gasteiger partial charge in [0.15, 0.2) is 0 Å². The van der Waals surface area contributed by atoms with Crippen molar-refractivity contribution in [2.24, 2.45) is 0 Å². The van der Waals surface area contributed by atoms with Crippen LogP contribution in [-0.2, 0) is 27.3 Å². The number of H-pyrrole nitrogens is 1. The minimum Gasteiger partial charge on any atom is -0.478 e. The lowest BCUT2D eigenvalue weighted by Crippen LogP contribution is -2.34. The molecule has 0 fully saturated rings. The topological polar surface area (TPSA) is 131 Å². The Morgan fingerprint density at radius 1 is 1.12 bits per heavy atom. The number of ether oxygens (including phenoxy) is 1. The summed E-state index contributed by atoms with van der Waals surface area (Å²) in [5.41, 5.74) is 2.71. The van der Waals surface area contributed by atoms with Gasteiger partial charge in [0.1, 0.15) is 12.1 Å². The predicted octanol–water partition coefficient (Wildman–Crippen LogP) is 2.86. The largest absolute Gasteiger partial charge is 0.478 e. The maximum atomic E-state index is 12.2. The van der Waals surface area contributed by atoms with Crippen molar-refractivity contribution < 1.29 is 24.3 Å². The number of carbonyl (C=O) groups is 2.